The van der Waals surface area contributed by atoms with Gasteiger partial charge in [0.05, 0.1) is 6.42 Å². The number of nitrogens with one attached hydrogen (secondary N) is 1. The van der Waals surface area contributed by atoms with Gasteiger partial charge in [0.25, 0.3) is 5.56 Å². The average molecular weight is 408 g/mol. The molecule has 2 saturated heterocycles. The molecule has 0 saturated carbocycles. The van der Waals surface area contributed by atoms with Crippen LogP contribution in [0.2, 0.25) is 0 Å². The molecule has 0 radical (unpaired) electrons. The van der Waals surface area contributed by atoms with Crippen LogP contribution in [0.4, 0.5) is 5.69 Å². The quantitative estimate of drug-likeness (QED) is 0.846. The number of amides is 1. The number of carbonyl (C=O) groups excluding carboxylic acids is 1. The predicted molar refractivity (Wildman–Crippen MR) is 116 cm³/mol. The molecule has 0 spiro atoms. The van der Waals surface area contributed by atoms with Crippen LogP contribution in [0.5, 0.6) is 0 Å². The molecule has 30 heavy (non-hydrogen) atoms. The summed E-state index contributed by atoms with van der Waals surface area (Å²) in [5.74, 6) is 0.731. The van der Waals surface area contributed by atoms with Crippen LogP contribution >= 0.6 is 0 Å². The van der Waals surface area contributed by atoms with Crippen LogP contribution in [0, 0.1) is 5.92 Å². The van der Waals surface area contributed by atoms with Crippen molar-refractivity contribution in [2.24, 2.45) is 5.92 Å². The SMILES string of the molecule is O=C(Cc1ccccc1)Nc1ccc2n(c1=O)C[C@H]1C[C@@H]2CN(C2CCOCC2)C1. The molecule has 6 nitrogen and oxygen atoms in total. The number of hydrogen-bond donors (Lipinski definition) is 1. The standard InChI is InChI=1S/C24H29N3O3/c28-23(13-17-4-2-1-3-5-17)25-21-6-7-22-19-12-18(15-27(22)24(21)29)14-26(16-19)20-8-10-30-11-9-20/h1-7,18-20H,8-16H2,(H,25,28)/t18-,19+/m0/s1. The largest absolute Gasteiger partial charge is 0.381 e. The maximum absolute atomic E-state index is 13.1. The van der Waals surface area contributed by atoms with Crippen molar-refractivity contribution in [1.29, 1.82) is 0 Å². The molecular formula is C24H29N3O3. The number of rotatable bonds is 4. The lowest BCUT2D eigenvalue weighted by Crippen LogP contribution is -2.51. The Bertz CT molecular complexity index is 965. The van der Waals surface area contributed by atoms with E-state index in [2.05, 4.69) is 10.2 Å². The van der Waals surface area contributed by atoms with Gasteiger partial charge in [-0.1, -0.05) is 30.3 Å². The smallest absolute Gasteiger partial charge is 0.274 e. The Kier molecular flexibility index (Phi) is 5.44. The number of nitrogens with zero attached hydrogens (tertiary/aromatic N) is 2. The lowest BCUT2D eigenvalue weighted by molar-refractivity contribution is -0.115. The van der Waals surface area contributed by atoms with Crippen LogP contribution in [0.3, 0.4) is 0 Å². The number of fused-ring (bicyclic) bond motifs is 4. The molecule has 3 aliphatic rings. The van der Waals surface area contributed by atoms with Crippen LogP contribution in [-0.2, 0) is 22.5 Å². The summed E-state index contributed by atoms with van der Waals surface area (Å²) in [4.78, 5) is 28.2. The van der Waals surface area contributed by atoms with E-state index in [0.717, 1.165) is 63.4 Å². The zero-order valence-electron chi connectivity index (χ0n) is 17.3. The molecule has 2 aromatic rings. The number of ether oxygens (including phenoxy) is 1. The van der Waals surface area contributed by atoms with Crippen LogP contribution in [0.15, 0.2) is 47.3 Å². The van der Waals surface area contributed by atoms with Crippen LogP contribution in [-0.4, -0.2) is 47.7 Å². The van der Waals surface area contributed by atoms with Gasteiger partial charge in [-0.25, -0.2) is 0 Å². The van der Waals surface area contributed by atoms with E-state index in [1.165, 1.54) is 0 Å². The second-order valence-electron chi connectivity index (χ2n) is 8.89. The summed E-state index contributed by atoms with van der Waals surface area (Å²) in [7, 11) is 0. The van der Waals surface area contributed by atoms with Gasteiger partial charge in [0.15, 0.2) is 0 Å². The third-order valence-electron chi connectivity index (χ3n) is 6.82. The first kappa shape index (κ1) is 19.5. The second-order valence-corrected chi connectivity index (χ2v) is 8.89. The van der Waals surface area contributed by atoms with E-state index < -0.39 is 0 Å². The Balaban J connectivity index is 1.32. The first-order valence-corrected chi connectivity index (χ1v) is 11.1. The van der Waals surface area contributed by atoms with Crippen LogP contribution in [0.25, 0.3) is 0 Å². The van der Waals surface area contributed by atoms with Gasteiger partial charge >= 0.3 is 0 Å². The van der Waals surface area contributed by atoms with Crippen molar-refractivity contribution in [2.45, 2.75) is 44.2 Å². The van der Waals surface area contributed by atoms with Crippen molar-refractivity contribution in [3.05, 3.63) is 64.1 Å². The molecule has 2 bridgehead atoms. The minimum atomic E-state index is -0.152. The van der Waals surface area contributed by atoms with Gasteiger partial charge in [0.1, 0.15) is 5.69 Å². The highest BCUT2D eigenvalue weighted by Crippen LogP contribution is 2.37. The molecule has 6 heteroatoms. The van der Waals surface area contributed by atoms with E-state index in [-0.39, 0.29) is 17.9 Å². The van der Waals surface area contributed by atoms with Crippen molar-refractivity contribution in [3.8, 4) is 0 Å². The number of likely N-dealkylation sites (tertiary alicyclic amines) is 1. The summed E-state index contributed by atoms with van der Waals surface area (Å²) in [5.41, 5.74) is 2.38. The third kappa shape index (κ3) is 3.94. The summed E-state index contributed by atoms with van der Waals surface area (Å²) in [6.07, 6.45) is 3.64. The highest BCUT2D eigenvalue weighted by molar-refractivity contribution is 5.92. The van der Waals surface area contributed by atoms with Gasteiger partial charge < -0.3 is 14.6 Å². The highest BCUT2D eigenvalue weighted by atomic mass is 16.5. The number of hydrogen-bond acceptors (Lipinski definition) is 4. The summed E-state index contributed by atoms with van der Waals surface area (Å²) in [5, 5.41) is 2.84. The number of piperidine rings is 1. The van der Waals surface area contributed by atoms with E-state index >= 15 is 0 Å². The van der Waals surface area contributed by atoms with Gasteiger partial charge in [-0.2, -0.15) is 0 Å². The number of benzene rings is 1. The van der Waals surface area contributed by atoms with Crippen molar-refractivity contribution in [1.82, 2.24) is 9.47 Å². The van der Waals surface area contributed by atoms with Crippen molar-refractivity contribution in [3.63, 3.8) is 0 Å². The topological polar surface area (TPSA) is 63.6 Å². The molecule has 3 aliphatic heterocycles. The van der Waals surface area contributed by atoms with Gasteiger partial charge in [-0.05, 0) is 42.9 Å². The molecular weight excluding hydrogens is 378 g/mol. The Morgan fingerprint density at radius 3 is 2.63 bits per heavy atom. The predicted octanol–water partition coefficient (Wildman–Crippen LogP) is 2.63. The fourth-order valence-electron chi connectivity index (χ4n) is 5.40. The summed E-state index contributed by atoms with van der Waals surface area (Å²) < 4.78 is 7.45. The molecule has 1 aromatic carbocycles. The monoisotopic (exact) mass is 407 g/mol. The van der Waals surface area contributed by atoms with Gasteiger partial charge in [0.2, 0.25) is 5.91 Å². The van der Waals surface area contributed by atoms with E-state index in [1.807, 2.05) is 41.0 Å². The molecule has 2 fully saturated rings. The van der Waals surface area contributed by atoms with Crippen molar-refractivity contribution < 1.29 is 9.53 Å². The lowest BCUT2D eigenvalue weighted by Gasteiger charge is -2.46. The Morgan fingerprint density at radius 2 is 1.83 bits per heavy atom. The van der Waals surface area contributed by atoms with Crippen LogP contribution in [0.1, 0.15) is 36.4 Å². The molecule has 5 rings (SSSR count). The molecule has 2 atom stereocenters. The van der Waals surface area contributed by atoms with E-state index in [9.17, 15) is 9.59 Å². The average Bonchev–Trinajstić information content (AvgIpc) is 2.77. The van der Waals surface area contributed by atoms with Gasteiger partial charge in [-0.15, -0.1) is 0 Å². The normalized spacial score (nSPS) is 24.3. The first-order chi connectivity index (χ1) is 14.7. The fourth-order valence-corrected chi connectivity index (χ4v) is 5.40. The maximum Gasteiger partial charge on any atom is 0.274 e. The summed E-state index contributed by atoms with van der Waals surface area (Å²) in [6.45, 7) is 4.53. The summed E-state index contributed by atoms with van der Waals surface area (Å²) in [6, 6.07) is 14.1. The zero-order chi connectivity index (χ0) is 20.5. The van der Waals surface area contributed by atoms with Gasteiger partial charge in [-0.3, -0.25) is 14.5 Å². The minimum Gasteiger partial charge on any atom is -0.381 e. The maximum atomic E-state index is 13.1. The first-order valence-electron chi connectivity index (χ1n) is 11.1. The number of carbonyl (C=O) groups is 1. The Labute approximate surface area is 176 Å². The molecule has 0 aliphatic carbocycles. The molecule has 158 valence electrons. The van der Waals surface area contributed by atoms with Gasteiger partial charge in [0, 0.05) is 50.5 Å². The molecule has 1 aromatic heterocycles. The number of pyridine rings is 1. The summed E-state index contributed by atoms with van der Waals surface area (Å²) >= 11 is 0. The van der Waals surface area contributed by atoms with Crippen molar-refractivity contribution >= 4 is 11.6 Å². The molecule has 1 amide bonds. The fraction of sp³-hybridized carbons (Fsp3) is 0.500. The highest BCUT2D eigenvalue weighted by Gasteiger charge is 2.37. The molecule has 0 unspecified atom stereocenters. The second kappa shape index (κ2) is 8.36. The Morgan fingerprint density at radius 1 is 1.03 bits per heavy atom. The van der Waals surface area contributed by atoms with E-state index in [4.69, 9.17) is 4.74 Å². The number of aromatic nitrogens is 1. The van der Waals surface area contributed by atoms with E-state index in [1.54, 1.807) is 6.07 Å². The number of anilines is 1. The Hall–Kier alpha value is -2.44. The third-order valence-corrected chi connectivity index (χ3v) is 6.82. The van der Waals surface area contributed by atoms with Crippen LogP contribution < -0.4 is 10.9 Å². The lowest BCUT2D eigenvalue weighted by atomic mass is 9.82. The molecule has 1 N–H and O–H groups in total. The molecule has 4 heterocycles. The minimum absolute atomic E-state index is 0.0665. The zero-order valence-corrected chi connectivity index (χ0v) is 17.3. The van der Waals surface area contributed by atoms with E-state index in [0.29, 0.717) is 23.6 Å². The van der Waals surface area contributed by atoms with Crippen molar-refractivity contribution in [2.75, 3.05) is 31.6 Å².